The second-order valence-corrected chi connectivity index (χ2v) is 5.81. The molecule has 2 N–H and O–H groups in total. The van der Waals surface area contributed by atoms with Crippen LogP contribution in [-0.2, 0) is 6.42 Å². The third-order valence-electron chi connectivity index (χ3n) is 4.04. The van der Waals surface area contributed by atoms with E-state index in [0.29, 0.717) is 5.69 Å². The quantitative estimate of drug-likeness (QED) is 0.755. The van der Waals surface area contributed by atoms with Crippen molar-refractivity contribution >= 4 is 11.6 Å². The van der Waals surface area contributed by atoms with Crippen LogP contribution in [0.3, 0.4) is 0 Å². The van der Waals surface area contributed by atoms with Gasteiger partial charge >= 0.3 is 0 Å². The number of aryl methyl sites for hydroxylation is 2. The Bertz CT molecular complexity index is 845. The summed E-state index contributed by atoms with van der Waals surface area (Å²) in [6.45, 7) is 6.10. The van der Waals surface area contributed by atoms with Crippen molar-refractivity contribution in [1.82, 2.24) is 19.7 Å². The minimum absolute atomic E-state index is 0.212. The van der Waals surface area contributed by atoms with Gasteiger partial charge in [0.1, 0.15) is 0 Å². The molecule has 0 fully saturated rings. The van der Waals surface area contributed by atoms with Crippen molar-refractivity contribution < 1.29 is 4.79 Å². The van der Waals surface area contributed by atoms with Crippen LogP contribution in [-0.4, -0.2) is 25.7 Å². The maximum Gasteiger partial charge on any atom is 0.276 e. The number of anilines is 1. The Balaban J connectivity index is 1.71. The van der Waals surface area contributed by atoms with Gasteiger partial charge in [-0.05, 0) is 50.6 Å². The van der Waals surface area contributed by atoms with E-state index >= 15 is 0 Å². The number of aromatic nitrogens is 4. The number of amides is 1. The van der Waals surface area contributed by atoms with E-state index in [1.807, 2.05) is 42.7 Å². The van der Waals surface area contributed by atoms with Gasteiger partial charge in [-0.15, -0.1) is 0 Å². The molecule has 2 heterocycles. The molecule has 0 aliphatic rings. The van der Waals surface area contributed by atoms with E-state index < -0.39 is 0 Å². The molecule has 6 heteroatoms. The predicted octanol–water partition coefficient (Wildman–Crippen LogP) is 3.42. The molecule has 124 valence electrons. The van der Waals surface area contributed by atoms with Crippen molar-refractivity contribution in [3.63, 3.8) is 0 Å². The molecule has 0 saturated carbocycles. The van der Waals surface area contributed by atoms with E-state index in [-0.39, 0.29) is 5.91 Å². The summed E-state index contributed by atoms with van der Waals surface area (Å²) < 4.78 is 2.02. The molecule has 0 aliphatic heterocycles. The smallest absolute Gasteiger partial charge is 0.276 e. The average molecular weight is 323 g/mol. The van der Waals surface area contributed by atoms with Gasteiger partial charge in [-0.2, -0.15) is 5.10 Å². The van der Waals surface area contributed by atoms with Crippen LogP contribution in [0.2, 0.25) is 0 Å². The Kier molecular flexibility index (Phi) is 4.46. The van der Waals surface area contributed by atoms with Crippen LogP contribution in [0.25, 0.3) is 5.69 Å². The molecular formula is C18H21N5O. The number of H-pyrrole nitrogens is 1. The number of imidazole rings is 1. The zero-order valence-electron chi connectivity index (χ0n) is 14.1. The molecule has 0 atom stereocenters. The van der Waals surface area contributed by atoms with E-state index in [1.54, 1.807) is 12.4 Å². The summed E-state index contributed by atoms with van der Waals surface area (Å²) in [4.78, 5) is 16.5. The number of hydrogen-bond acceptors (Lipinski definition) is 3. The Morgan fingerprint density at radius 3 is 2.62 bits per heavy atom. The number of carbonyl (C=O) groups is 1. The molecule has 0 bridgehead atoms. The summed E-state index contributed by atoms with van der Waals surface area (Å²) in [5, 5.41) is 9.82. The molecule has 3 rings (SSSR count). The highest BCUT2D eigenvalue weighted by molar-refractivity contribution is 6.02. The van der Waals surface area contributed by atoms with E-state index in [4.69, 9.17) is 0 Å². The van der Waals surface area contributed by atoms with Crippen molar-refractivity contribution in [2.24, 2.45) is 0 Å². The summed E-state index contributed by atoms with van der Waals surface area (Å²) in [6.07, 6.45) is 3.70. The summed E-state index contributed by atoms with van der Waals surface area (Å²) in [7, 11) is 0. The van der Waals surface area contributed by atoms with Crippen LogP contribution >= 0.6 is 0 Å². The fraction of sp³-hybridized carbons (Fsp3) is 0.278. The molecular weight excluding hydrogens is 302 g/mol. The molecule has 3 aromatic rings. The lowest BCUT2D eigenvalue weighted by atomic mass is 10.2. The lowest BCUT2D eigenvalue weighted by Gasteiger charge is -2.08. The highest BCUT2D eigenvalue weighted by atomic mass is 16.1. The Labute approximate surface area is 140 Å². The molecule has 0 aliphatic carbocycles. The van der Waals surface area contributed by atoms with Gasteiger partial charge in [0.2, 0.25) is 0 Å². The van der Waals surface area contributed by atoms with Crippen LogP contribution in [0.15, 0.2) is 36.7 Å². The third kappa shape index (κ3) is 3.22. The van der Waals surface area contributed by atoms with Crippen molar-refractivity contribution in [2.75, 3.05) is 5.32 Å². The maximum atomic E-state index is 12.2. The summed E-state index contributed by atoms with van der Waals surface area (Å²) >= 11 is 0. The van der Waals surface area contributed by atoms with Crippen LogP contribution in [0.5, 0.6) is 0 Å². The highest BCUT2D eigenvalue weighted by Gasteiger charge is 2.11. The molecule has 24 heavy (non-hydrogen) atoms. The van der Waals surface area contributed by atoms with Gasteiger partial charge in [0.05, 0.1) is 12.0 Å². The van der Waals surface area contributed by atoms with Crippen LogP contribution < -0.4 is 5.32 Å². The Morgan fingerprint density at radius 2 is 2.00 bits per heavy atom. The first-order valence-corrected chi connectivity index (χ1v) is 8.05. The Hall–Kier alpha value is -2.89. The van der Waals surface area contributed by atoms with Crippen molar-refractivity contribution in [3.8, 4) is 5.69 Å². The van der Waals surface area contributed by atoms with E-state index in [2.05, 4.69) is 27.4 Å². The fourth-order valence-electron chi connectivity index (χ4n) is 2.53. The van der Waals surface area contributed by atoms with Crippen LogP contribution in [0, 0.1) is 13.8 Å². The number of benzene rings is 1. The molecule has 0 unspecified atom stereocenters. The lowest BCUT2D eigenvalue weighted by Crippen LogP contribution is -2.12. The molecule has 1 amide bonds. The molecule has 1 aromatic carbocycles. The first kappa shape index (κ1) is 16.0. The molecule has 2 aromatic heterocycles. The molecule has 0 saturated heterocycles. The van der Waals surface area contributed by atoms with Crippen molar-refractivity contribution in [1.29, 1.82) is 0 Å². The van der Waals surface area contributed by atoms with Crippen molar-refractivity contribution in [3.05, 3.63) is 59.4 Å². The van der Waals surface area contributed by atoms with E-state index in [1.165, 1.54) is 0 Å². The average Bonchev–Trinajstić information content (AvgIpc) is 3.17. The van der Waals surface area contributed by atoms with E-state index in [9.17, 15) is 4.79 Å². The molecule has 6 nitrogen and oxygen atoms in total. The summed E-state index contributed by atoms with van der Waals surface area (Å²) in [5.74, 6) is -0.212. The normalized spacial score (nSPS) is 10.8. The zero-order chi connectivity index (χ0) is 17.1. The van der Waals surface area contributed by atoms with Gasteiger partial charge in [0.15, 0.2) is 5.69 Å². The number of aromatic amines is 1. The molecule has 0 spiro atoms. The highest BCUT2D eigenvalue weighted by Crippen LogP contribution is 2.17. The van der Waals surface area contributed by atoms with Gasteiger partial charge < -0.3 is 9.88 Å². The van der Waals surface area contributed by atoms with Gasteiger partial charge in [0.25, 0.3) is 5.91 Å². The molecule has 0 radical (unpaired) electrons. The Morgan fingerprint density at radius 1 is 1.25 bits per heavy atom. The minimum atomic E-state index is -0.212. The number of carbonyl (C=O) groups excluding carboxylic acids is 1. The number of nitrogens with one attached hydrogen (secondary N) is 2. The summed E-state index contributed by atoms with van der Waals surface area (Å²) in [5.41, 5.74) is 5.24. The summed E-state index contributed by atoms with van der Waals surface area (Å²) in [6, 6.07) is 9.46. The van der Waals surface area contributed by atoms with Crippen molar-refractivity contribution in [2.45, 2.75) is 33.6 Å². The predicted molar refractivity (Wildman–Crippen MR) is 93.6 cm³/mol. The first-order chi connectivity index (χ1) is 11.6. The zero-order valence-corrected chi connectivity index (χ0v) is 14.1. The SMILES string of the molecule is CCCc1cc(C(=O)Nc2ccc(-n3cnc(C)c3C)cc2)n[nH]1. The van der Waals surface area contributed by atoms with Gasteiger partial charge in [-0.3, -0.25) is 9.89 Å². The van der Waals surface area contributed by atoms with Gasteiger partial charge in [-0.25, -0.2) is 4.98 Å². The van der Waals surface area contributed by atoms with Gasteiger partial charge in [-0.1, -0.05) is 13.3 Å². The topological polar surface area (TPSA) is 75.6 Å². The number of hydrogen-bond donors (Lipinski definition) is 2. The van der Waals surface area contributed by atoms with Gasteiger partial charge in [0, 0.05) is 22.8 Å². The monoisotopic (exact) mass is 323 g/mol. The standard InChI is InChI=1S/C18H21N5O/c1-4-5-15-10-17(22-21-15)18(24)20-14-6-8-16(9-7-14)23-11-19-12(2)13(23)3/h6-11H,4-5H2,1-3H3,(H,20,24)(H,21,22). The number of rotatable bonds is 5. The van der Waals surface area contributed by atoms with Crippen LogP contribution in [0.1, 0.15) is 40.9 Å². The largest absolute Gasteiger partial charge is 0.321 e. The minimum Gasteiger partial charge on any atom is -0.321 e. The first-order valence-electron chi connectivity index (χ1n) is 8.05. The second-order valence-electron chi connectivity index (χ2n) is 5.81. The third-order valence-corrected chi connectivity index (χ3v) is 4.04. The second kappa shape index (κ2) is 6.70. The fourth-order valence-corrected chi connectivity index (χ4v) is 2.53. The number of nitrogens with zero attached hydrogens (tertiary/aromatic N) is 3. The lowest BCUT2D eigenvalue weighted by molar-refractivity contribution is 0.102. The van der Waals surface area contributed by atoms with Crippen LogP contribution in [0.4, 0.5) is 5.69 Å². The maximum absolute atomic E-state index is 12.2. The van der Waals surface area contributed by atoms with E-state index in [0.717, 1.165) is 41.3 Å².